The maximum absolute atomic E-state index is 13.9. The van der Waals surface area contributed by atoms with E-state index in [-0.39, 0.29) is 34.1 Å². The van der Waals surface area contributed by atoms with E-state index >= 15 is 0 Å². The van der Waals surface area contributed by atoms with Gasteiger partial charge in [0.15, 0.2) is 54.1 Å². The van der Waals surface area contributed by atoms with Gasteiger partial charge in [-0.05, 0) is 59.7 Å². The lowest BCUT2D eigenvalue weighted by Crippen LogP contribution is -2.68. The molecule has 4 aliphatic heterocycles. The highest BCUT2D eigenvalue weighted by Gasteiger charge is 2.63. The van der Waals surface area contributed by atoms with Gasteiger partial charge in [0.2, 0.25) is 5.79 Å². The average Bonchev–Trinajstić information content (AvgIpc) is 2.01. The highest BCUT2D eigenvalue weighted by atomic mass is 16.8. The zero-order chi connectivity index (χ0) is 61.9. The fraction of sp³-hybridized carbons (Fsp3) is 0.509. The second kappa shape index (κ2) is 29.4. The minimum absolute atomic E-state index is 0.0154. The van der Waals surface area contributed by atoms with Gasteiger partial charge in [0.1, 0.15) is 99.2 Å². The van der Waals surface area contributed by atoms with Crippen LogP contribution < -0.4 is 9.47 Å². The van der Waals surface area contributed by atoms with Crippen LogP contribution in [-0.4, -0.2) is 249 Å². The molecule has 0 spiro atoms. The molecule has 4 heterocycles. The van der Waals surface area contributed by atoms with Gasteiger partial charge in [-0.2, -0.15) is 0 Å². The first-order chi connectivity index (χ1) is 40.5. The molecule has 30 heteroatoms. The molecule has 0 bridgehead atoms. The first kappa shape index (κ1) is 65.6. The van der Waals surface area contributed by atoms with Gasteiger partial charge in [0, 0.05) is 26.0 Å². The number of aliphatic hydroxyl groups is 9. The van der Waals surface area contributed by atoms with Crippen molar-refractivity contribution in [3.63, 3.8) is 0 Å². The van der Waals surface area contributed by atoms with Gasteiger partial charge >= 0.3 is 29.8 Å². The van der Waals surface area contributed by atoms with Crippen molar-refractivity contribution in [3.8, 4) is 23.0 Å². The highest BCUT2D eigenvalue weighted by Crippen LogP contribution is 2.41. The summed E-state index contributed by atoms with van der Waals surface area (Å²) in [7, 11) is 2.57. The van der Waals surface area contributed by atoms with Crippen molar-refractivity contribution < 1.29 is 146 Å². The summed E-state index contributed by atoms with van der Waals surface area (Å²) in [4.78, 5) is 66.0. The molecule has 7 rings (SSSR count). The van der Waals surface area contributed by atoms with Crippen LogP contribution in [-0.2, 0) is 76.0 Å². The second-order valence-electron chi connectivity index (χ2n) is 19.6. The molecule has 4 fully saturated rings. The Labute approximate surface area is 483 Å². The Morgan fingerprint density at radius 3 is 1.61 bits per heavy atom. The number of hydrogen-bond donors (Lipinski definition) is 11. The monoisotopic (exact) mass is 1210 g/mol. The summed E-state index contributed by atoms with van der Waals surface area (Å²) in [6.07, 6.45) is -32.5. The SMILES string of the molecule is COc1cc(/C=C/C(=O)OC[C@@]2(O[C@H]3O[C@H](COC(C)=O)[C@@H](OC(=O)/C=C/c4ccc(O)c(OC)c4)[C@H](O[C@@H]4O[C@H](COC(C)=O)[C@@H](O[C@@H]5O[C@H](CO)[C@@H](O)[C@H](O)[C@H]5O)[C@H](O)[C@H]4O)[C@H]3O)O[C@H](CO)[C@@H](O)[C@@H]2OC(=O)c2ccccc2)ccc1O. The van der Waals surface area contributed by atoms with Gasteiger partial charge in [0.25, 0.3) is 0 Å². The van der Waals surface area contributed by atoms with Gasteiger partial charge in [-0.1, -0.05) is 30.3 Å². The molecule has 3 aromatic carbocycles. The summed E-state index contributed by atoms with van der Waals surface area (Å²) in [6.45, 7) is -2.86. The van der Waals surface area contributed by atoms with Crippen LogP contribution in [0.2, 0.25) is 0 Å². The van der Waals surface area contributed by atoms with Crippen molar-refractivity contribution in [2.24, 2.45) is 0 Å². The summed E-state index contributed by atoms with van der Waals surface area (Å²) < 4.78 is 80.1. The molecule has 4 saturated heterocycles. The minimum Gasteiger partial charge on any atom is -0.504 e. The molecule has 0 amide bonds. The Kier molecular flexibility index (Phi) is 22.7. The van der Waals surface area contributed by atoms with Gasteiger partial charge < -0.3 is 122 Å². The zero-order valence-electron chi connectivity index (χ0n) is 45.8. The van der Waals surface area contributed by atoms with E-state index in [1.165, 1.54) is 87.0 Å². The van der Waals surface area contributed by atoms with Crippen molar-refractivity contribution in [2.75, 3.05) is 47.3 Å². The molecule has 85 heavy (non-hydrogen) atoms. The number of aliphatic hydroxyl groups excluding tert-OH is 9. The predicted molar refractivity (Wildman–Crippen MR) is 278 cm³/mol. The van der Waals surface area contributed by atoms with Crippen molar-refractivity contribution in [1.29, 1.82) is 0 Å². The maximum atomic E-state index is 13.9. The van der Waals surface area contributed by atoms with Gasteiger partial charge in [-0.3, -0.25) is 9.59 Å². The van der Waals surface area contributed by atoms with Crippen molar-refractivity contribution >= 4 is 42.0 Å². The van der Waals surface area contributed by atoms with Crippen LogP contribution in [0.3, 0.4) is 0 Å². The van der Waals surface area contributed by atoms with E-state index < -0.39 is 179 Å². The number of carbonyl (C=O) groups is 5. The van der Waals surface area contributed by atoms with Crippen LogP contribution in [0.5, 0.6) is 23.0 Å². The molecule has 3 aromatic rings. The standard InChI is InChI=1S/C55H66O30/c1-25(58)74-22-36-47(81-52-44(68)42(66)40(64)34(20-56)77-52)43(67)45(69)53(78-36)82-49-46(70)54(79-37(23-75-26(2)59)48(49)80-39(63)17-13-28-11-15-31(61)33(19-28)73-4)85-55(24-76-38(62)16-12-27-10-14-30(60)32(18-27)72-3)50(41(65)35(21-57)84-55)83-51(71)29-8-6-5-7-9-29/h5-19,34-37,40-50,52-54,56-57,60-61,64-70H,20-24H2,1-4H3/b16-12+,17-13+/t34-,35-,36-,37-,40-,41-,42+,43-,44-,45-,46-,47-,48-,49-,50+,52+,53+,54-,55+/m1/s1. The summed E-state index contributed by atoms with van der Waals surface area (Å²) in [6, 6.07) is 15.3. The predicted octanol–water partition coefficient (Wildman–Crippen LogP) is -2.78. The van der Waals surface area contributed by atoms with Gasteiger partial charge in [-0.25, -0.2) is 14.4 Å². The Balaban J connectivity index is 1.28. The van der Waals surface area contributed by atoms with Crippen molar-refractivity contribution in [3.05, 3.63) is 95.6 Å². The fourth-order valence-corrected chi connectivity index (χ4v) is 9.30. The summed E-state index contributed by atoms with van der Waals surface area (Å²) >= 11 is 0. The Morgan fingerprint density at radius 1 is 0.541 bits per heavy atom. The summed E-state index contributed by atoms with van der Waals surface area (Å²) in [5, 5.41) is 120. The molecule has 19 atom stereocenters. The third-order valence-electron chi connectivity index (χ3n) is 13.7. The van der Waals surface area contributed by atoms with Crippen molar-refractivity contribution in [1.82, 2.24) is 0 Å². The smallest absolute Gasteiger partial charge is 0.338 e. The third-order valence-corrected chi connectivity index (χ3v) is 13.7. The van der Waals surface area contributed by atoms with E-state index in [1.807, 2.05) is 0 Å². The number of ether oxygens (including phenoxy) is 14. The molecular weight excluding hydrogens is 1140 g/mol. The van der Waals surface area contributed by atoms with E-state index in [9.17, 15) is 80.1 Å². The van der Waals surface area contributed by atoms with Crippen LogP contribution in [0.25, 0.3) is 12.2 Å². The second-order valence-corrected chi connectivity index (χ2v) is 19.6. The number of phenolic OH excluding ortho intramolecular Hbond substituents is 2. The van der Waals surface area contributed by atoms with E-state index in [0.29, 0.717) is 5.56 Å². The molecule has 4 aliphatic rings. The van der Waals surface area contributed by atoms with Crippen LogP contribution >= 0.6 is 0 Å². The number of carbonyl (C=O) groups excluding carboxylic acids is 5. The molecule has 0 radical (unpaired) electrons. The maximum Gasteiger partial charge on any atom is 0.338 e. The summed E-state index contributed by atoms with van der Waals surface area (Å²) in [5.74, 6) is -8.63. The number of methoxy groups -OCH3 is 2. The van der Waals surface area contributed by atoms with E-state index in [2.05, 4.69) is 0 Å². The number of benzene rings is 3. The molecule has 0 unspecified atom stereocenters. The molecule has 30 nitrogen and oxygen atoms in total. The Morgan fingerprint density at radius 2 is 1.06 bits per heavy atom. The number of rotatable bonds is 23. The lowest BCUT2D eigenvalue weighted by Gasteiger charge is -2.49. The molecular formula is C55H66O30. The Hall–Kier alpha value is -6.95. The third kappa shape index (κ3) is 15.9. The highest BCUT2D eigenvalue weighted by molar-refractivity contribution is 5.90. The lowest BCUT2D eigenvalue weighted by molar-refractivity contribution is -0.403. The quantitative estimate of drug-likeness (QED) is 0.0260. The Bertz CT molecular complexity index is 2810. The summed E-state index contributed by atoms with van der Waals surface area (Å²) in [5.41, 5.74) is 0.512. The fourth-order valence-electron chi connectivity index (χ4n) is 9.30. The first-order valence-corrected chi connectivity index (χ1v) is 26.1. The number of esters is 5. The molecule has 0 saturated carbocycles. The van der Waals surface area contributed by atoms with E-state index in [4.69, 9.17) is 66.3 Å². The topological polar surface area (TPSA) is 437 Å². The van der Waals surface area contributed by atoms with Gasteiger partial charge in [-0.15, -0.1) is 0 Å². The van der Waals surface area contributed by atoms with Crippen LogP contribution in [0.4, 0.5) is 0 Å². The molecule has 466 valence electrons. The molecule has 11 N–H and O–H groups in total. The largest absolute Gasteiger partial charge is 0.504 e. The van der Waals surface area contributed by atoms with Crippen LogP contribution in [0, 0.1) is 0 Å². The zero-order valence-corrected chi connectivity index (χ0v) is 45.8. The van der Waals surface area contributed by atoms with Gasteiger partial charge in [0.05, 0.1) is 33.0 Å². The minimum atomic E-state index is -2.84. The van der Waals surface area contributed by atoms with Crippen LogP contribution in [0.1, 0.15) is 35.3 Å². The number of hydrogen-bond acceptors (Lipinski definition) is 30. The molecule has 0 aromatic heterocycles. The normalized spacial score (nSPS) is 33.0. The molecule has 0 aliphatic carbocycles. The van der Waals surface area contributed by atoms with Crippen molar-refractivity contribution in [2.45, 2.75) is 130 Å². The number of phenols is 2. The van der Waals surface area contributed by atoms with E-state index in [0.717, 1.165) is 26.0 Å². The number of aromatic hydroxyl groups is 2. The van der Waals surface area contributed by atoms with E-state index in [1.54, 1.807) is 6.07 Å². The lowest BCUT2D eigenvalue weighted by atomic mass is 9.95. The van der Waals surface area contributed by atoms with Crippen LogP contribution in [0.15, 0.2) is 78.9 Å². The first-order valence-electron chi connectivity index (χ1n) is 26.1. The average molecular weight is 1210 g/mol.